The lowest BCUT2D eigenvalue weighted by Gasteiger charge is -2.39. The number of aromatic nitrogens is 1. The SMILES string of the molecule is O=C(c1cccnc1N1CCOCC1)N1CC2CC3CC(C2)CC1C3. The first-order valence-electron chi connectivity index (χ1n) is 9.86. The second-order valence-electron chi connectivity index (χ2n) is 8.36. The van der Waals surface area contributed by atoms with Gasteiger partial charge in [-0.05, 0) is 62.0 Å². The maximum absolute atomic E-state index is 13.5. The van der Waals surface area contributed by atoms with Gasteiger partial charge in [-0.25, -0.2) is 4.98 Å². The lowest BCUT2D eigenvalue weighted by Crippen LogP contribution is -2.43. The average molecular weight is 341 g/mol. The number of carbonyl (C=O) groups excluding carboxylic acids is 1. The molecule has 5 aliphatic rings. The van der Waals surface area contributed by atoms with Crippen LogP contribution in [0.25, 0.3) is 0 Å². The molecule has 3 saturated heterocycles. The fourth-order valence-electron chi connectivity index (χ4n) is 5.78. The molecule has 1 aromatic heterocycles. The number of nitrogens with zero attached hydrogens (tertiary/aromatic N) is 3. The Hall–Kier alpha value is -1.62. The van der Waals surface area contributed by atoms with Gasteiger partial charge in [0.05, 0.1) is 18.8 Å². The summed E-state index contributed by atoms with van der Waals surface area (Å²) < 4.78 is 5.46. The molecule has 4 bridgehead atoms. The second kappa shape index (κ2) is 6.27. The van der Waals surface area contributed by atoms with Crippen LogP contribution in [0.5, 0.6) is 0 Å². The first-order chi connectivity index (χ1) is 12.3. The van der Waals surface area contributed by atoms with Gasteiger partial charge < -0.3 is 14.5 Å². The Morgan fingerprint density at radius 3 is 2.52 bits per heavy atom. The average Bonchev–Trinajstić information content (AvgIpc) is 2.85. The molecule has 2 saturated carbocycles. The van der Waals surface area contributed by atoms with Crippen LogP contribution in [0, 0.1) is 17.8 Å². The van der Waals surface area contributed by atoms with E-state index in [1.54, 1.807) is 6.20 Å². The zero-order valence-electron chi connectivity index (χ0n) is 14.8. The number of hydrogen-bond acceptors (Lipinski definition) is 4. The van der Waals surface area contributed by atoms with E-state index in [9.17, 15) is 4.79 Å². The quantitative estimate of drug-likeness (QED) is 0.829. The van der Waals surface area contributed by atoms with Crippen LogP contribution < -0.4 is 4.90 Å². The van der Waals surface area contributed by atoms with Crippen molar-refractivity contribution < 1.29 is 9.53 Å². The molecule has 134 valence electrons. The molecule has 0 N–H and O–H groups in total. The van der Waals surface area contributed by atoms with Gasteiger partial charge in [0.25, 0.3) is 5.91 Å². The minimum absolute atomic E-state index is 0.202. The molecule has 3 aliphatic heterocycles. The van der Waals surface area contributed by atoms with Crippen LogP contribution in [0.15, 0.2) is 18.3 Å². The molecule has 2 atom stereocenters. The van der Waals surface area contributed by atoms with E-state index < -0.39 is 0 Å². The van der Waals surface area contributed by atoms with Crippen LogP contribution in [0.1, 0.15) is 42.5 Å². The Morgan fingerprint density at radius 2 is 1.76 bits per heavy atom. The number of pyridine rings is 1. The normalized spacial score (nSPS) is 34.2. The van der Waals surface area contributed by atoms with Gasteiger partial charge in [0.1, 0.15) is 5.82 Å². The van der Waals surface area contributed by atoms with Gasteiger partial charge in [-0.15, -0.1) is 0 Å². The maximum Gasteiger partial charge on any atom is 0.257 e. The van der Waals surface area contributed by atoms with E-state index in [0.717, 1.165) is 42.9 Å². The molecule has 25 heavy (non-hydrogen) atoms. The minimum atomic E-state index is 0.202. The van der Waals surface area contributed by atoms with Gasteiger partial charge in [-0.1, -0.05) is 0 Å². The van der Waals surface area contributed by atoms with Crippen molar-refractivity contribution in [3.8, 4) is 0 Å². The van der Waals surface area contributed by atoms with Crippen LogP contribution in [-0.2, 0) is 4.74 Å². The number of ether oxygens (including phenoxy) is 1. The molecular weight excluding hydrogens is 314 g/mol. The summed E-state index contributed by atoms with van der Waals surface area (Å²) in [6.07, 6.45) is 8.30. The van der Waals surface area contributed by atoms with Crippen LogP contribution in [0.4, 0.5) is 5.82 Å². The third-order valence-corrected chi connectivity index (χ3v) is 6.70. The van der Waals surface area contributed by atoms with Crippen molar-refractivity contribution >= 4 is 11.7 Å². The second-order valence-corrected chi connectivity index (χ2v) is 8.36. The summed E-state index contributed by atoms with van der Waals surface area (Å²) in [5.41, 5.74) is 0.783. The third-order valence-electron chi connectivity index (χ3n) is 6.70. The number of fused-ring (bicyclic) bond motifs is 1. The lowest BCUT2D eigenvalue weighted by molar-refractivity contribution is 0.0632. The van der Waals surface area contributed by atoms with E-state index in [1.807, 2.05) is 12.1 Å². The highest BCUT2D eigenvalue weighted by atomic mass is 16.5. The van der Waals surface area contributed by atoms with Gasteiger partial charge in [0, 0.05) is 31.9 Å². The van der Waals surface area contributed by atoms with Crippen molar-refractivity contribution in [3.05, 3.63) is 23.9 Å². The molecule has 5 nitrogen and oxygen atoms in total. The third kappa shape index (κ3) is 2.82. The molecule has 5 fully saturated rings. The first-order valence-corrected chi connectivity index (χ1v) is 9.86. The van der Waals surface area contributed by atoms with Gasteiger partial charge in [-0.3, -0.25) is 4.79 Å². The fraction of sp³-hybridized carbons (Fsp3) is 0.700. The lowest BCUT2D eigenvalue weighted by atomic mass is 9.68. The van der Waals surface area contributed by atoms with E-state index in [0.29, 0.717) is 25.2 Å². The molecule has 2 aliphatic carbocycles. The monoisotopic (exact) mass is 341 g/mol. The molecular formula is C20H27N3O2. The topological polar surface area (TPSA) is 45.7 Å². The highest BCUT2D eigenvalue weighted by Gasteiger charge is 2.44. The van der Waals surface area contributed by atoms with E-state index in [4.69, 9.17) is 4.74 Å². The first kappa shape index (κ1) is 15.6. The number of carbonyl (C=O) groups is 1. The summed E-state index contributed by atoms with van der Waals surface area (Å²) in [6.45, 7) is 4.00. The zero-order valence-corrected chi connectivity index (χ0v) is 14.8. The molecule has 0 radical (unpaired) electrons. The molecule has 1 aromatic rings. The Balaban J connectivity index is 1.44. The minimum Gasteiger partial charge on any atom is -0.378 e. The van der Waals surface area contributed by atoms with Crippen LogP contribution in [0.2, 0.25) is 0 Å². The Morgan fingerprint density at radius 1 is 1.04 bits per heavy atom. The van der Waals surface area contributed by atoms with E-state index in [-0.39, 0.29) is 5.91 Å². The van der Waals surface area contributed by atoms with E-state index in [1.165, 1.54) is 32.1 Å². The highest BCUT2D eigenvalue weighted by molar-refractivity contribution is 5.99. The van der Waals surface area contributed by atoms with Crippen LogP contribution >= 0.6 is 0 Å². The van der Waals surface area contributed by atoms with Crippen molar-refractivity contribution in [2.45, 2.75) is 38.1 Å². The number of anilines is 1. The molecule has 4 heterocycles. The molecule has 5 heteroatoms. The Labute approximate surface area is 149 Å². The summed E-state index contributed by atoms with van der Waals surface area (Å²) in [5, 5.41) is 0. The summed E-state index contributed by atoms with van der Waals surface area (Å²) in [7, 11) is 0. The Kier molecular flexibility index (Phi) is 3.92. The summed E-state index contributed by atoms with van der Waals surface area (Å²) >= 11 is 0. The zero-order chi connectivity index (χ0) is 16.8. The van der Waals surface area contributed by atoms with E-state index in [2.05, 4.69) is 14.8 Å². The van der Waals surface area contributed by atoms with Gasteiger partial charge >= 0.3 is 0 Å². The molecule has 2 unspecified atom stereocenters. The standard InChI is InChI=1S/C20H27N3O2/c24-20(18-2-1-3-21-19(18)22-4-6-25-7-5-22)23-13-16-9-14-8-15(10-16)12-17(23)11-14/h1-3,14-17H,4-13H2. The molecule has 6 rings (SSSR count). The largest absolute Gasteiger partial charge is 0.378 e. The number of rotatable bonds is 2. The summed E-state index contributed by atoms with van der Waals surface area (Å²) in [4.78, 5) is 22.5. The van der Waals surface area contributed by atoms with Crippen molar-refractivity contribution in [1.82, 2.24) is 9.88 Å². The predicted molar refractivity (Wildman–Crippen MR) is 95.6 cm³/mol. The molecule has 0 aromatic carbocycles. The fourth-order valence-corrected chi connectivity index (χ4v) is 5.78. The number of amides is 1. The van der Waals surface area contributed by atoms with Crippen molar-refractivity contribution in [1.29, 1.82) is 0 Å². The highest BCUT2D eigenvalue weighted by Crippen LogP contribution is 2.47. The smallest absolute Gasteiger partial charge is 0.257 e. The molecule has 1 amide bonds. The van der Waals surface area contributed by atoms with Gasteiger partial charge in [0.2, 0.25) is 0 Å². The summed E-state index contributed by atoms with van der Waals surface area (Å²) in [6, 6.07) is 4.32. The molecule has 0 spiro atoms. The van der Waals surface area contributed by atoms with Gasteiger partial charge in [0.15, 0.2) is 0 Å². The number of morpholine rings is 1. The Bertz CT molecular complexity index is 644. The van der Waals surface area contributed by atoms with E-state index >= 15 is 0 Å². The predicted octanol–water partition coefficient (Wildman–Crippen LogP) is 2.57. The van der Waals surface area contributed by atoms with Crippen molar-refractivity contribution in [2.24, 2.45) is 17.8 Å². The van der Waals surface area contributed by atoms with Crippen molar-refractivity contribution in [2.75, 3.05) is 37.7 Å². The van der Waals surface area contributed by atoms with Crippen molar-refractivity contribution in [3.63, 3.8) is 0 Å². The maximum atomic E-state index is 13.5. The van der Waals surface area contributed by atoms with Crippen LogP contribution in [0.3, 0.4) is 0 Å². The van der Waals surface area contributed by atoms with Gasteiger partial charge in [-0.2, -0.15) is 0 Å². The number of hydrogen-bond donors (Lipinski definition) is 0. The summed E-state index contributed by atoms with van der Waals surface area (Å²) in [5.74, 6) is 3.47. The van der Waals surface area contributed by atoms with Crippen LogP contribution in [-0.4, -0.2) is 54.7 Å².